The Morgan fingerprint density at radius 2 is 0.879 bits per heavy atom. The van der Waals surface area contributed by atoms with Crippen molar-refractivity contribution >= 4 is 8.88 Å². The summed E-state index contributed by atoms with van der Waals surface area (Å²) in [5, 5.41) is 0. The van der Waals surface area contributed by atoms with E-state index in [9.17, 15) is 0 Å². The summed E-state index contributed by atoms with van der Waals surface area (Å²) in [6.07, 6.45) is 23.2. The Kier molecular flexibility index (Phi) is 6.99. The SMILES string of the molecule is CO[Si](OC)(N1CCCC2CCC3CCCCC3C21)N1CCCC2CCC3CCCCC3C21. The van der Waals surface area contributed by atoms with Gasteiger partial charge in [-0.2, -0.15) is 0 Å². The van der Waals surface area contributed by atoms with E-state index in [4.69, 9.17) is 8.85 Å². The van der Waals surface area contributed by atoms with Crippen molar-refractivity contribution in [2.45, 2.75) is 115 Å². The summed E-state index contributed by atoms with van der Waals surface area (Å²) >= 11 is 0. The minimum Gasteiger partial charge on any atom is -0.374 e. The molecule has 4 aliphatic carbocycles. The fourth-order valence-corrected chi connectivity index (χ4v) is 14.2. The molecule has 6 fully saturated rings. The van der Waals surface area contributed by atoms with E-state index in [1.165, 1.54) is 116 Å². The molecule has 5 heteroatoms. The van der Waals surface area contributed by atoms with Gasteiger partial charge in [-0.15, -0.1) is 0 Å². The maximum Gasteiger partial charge on any atom is 0.522 e. The highest BCUT2D eigenvalue weighted by Gasteiger charge is 2.62. The van der Waals surface area contributed by atoms with Gasteiger partial charge >= 0.3 is 8.88 Å². The Labute approximate surface area is 204 Å². The lowest BCUT2D eigenvalue weighted by Crippen LogP contribution is -2.78. The molecule has 188 valence electrons. The van der Waals surface area contributed by atoms with Gasteiger partial charge in [-0.3, -0.25) is 9.13 Å². The molecule has 0 bridgehead atoms. The Balaban J connectivity index is 1.36. The second kappa shape index (κ2) is 9.84. The van der Waals surface area contributed by atoms with Crippen molar-refractivity contribution in [3.63, 3.8) is 0 Å². The third-order valence-corrected chi connectivity index (χ3v) is 15.1. The van der Waals surface area contributed by atoms with Gasteiger partial charge in [0.15, 0.2) is 0 Å². The minimum atomic E-state index is -2.64. The van der Waals surface area contributed by atoms with Gasteiger partial charge in [-0.1, -0.05) is 38.5 Å². The highest BCUT2D eigenvalue weighted by molar-refractivity contribution is 6.61. The van der Waals surface area contributed by atoms with E-state index in [-0.39, 0.29) is 0 Å². The van der Waals surface area contributed by atoms with Crippen LogP contribution in [-0.4, -0.2) is 57.4 Å². The van der Waals surface area contributed by atoms with Crippen LogP contribution in [0.3, 0.4) is 0 Å². The molecular weight excluding hydrogens is 424 g/mol. The van der Waals surface area contributed by atoms with Crippen LogP contribution in [0.1, 0.15) is 103 Å². The lowest BCUT2D eigenvalue weighted by atomic mass is 9.63. The number of rotatable bonds is 4. The zero-order valence-electron chi connectivity index (χ0n) is 21.6. The first-order valence-electron chi connectivity index (χ1n) is 14.9. The van der Waals surface area contributed by atoms with Crippen molar-refractivity contribution in [3.8, 4) is 0 Å². The summed E-state index contributed by atoms with van der Waals surface area (Å²) in [6.45, 7) is 2.42. The van der Waals surface area contributed by atoms with Crippen molar-refractivity contribution in [1.29, 1.82) is 0 Å². The Morgan fingerprint density at radius 3 is 1.33 bits per heavy atom. The summed E-state index contributed by atoms with van der Waals surface area (Å²) in [4.78, 5) is 0. The fourth-order valence-electron chi connectivity index (χ4n) is 10.3. The molecular formula is C28H50N2O2Si. The van der Waals surface area contributed by atoms with Gasteiger partial charge in [0.1, 0.15) is 0 Å². The smallest absolute Gasteiger partial charge is 0.374 e. The summed E-state index contributed by atoms with van der Waals surface area (Å²) < 4.78 is 19.5. The van der Waals surface area contributed by atoms with E-state index in [2.05, 4.69) is 9.13 Å². The van der Waals surface area contributed by atoms with Crippen LogP contribution in [0.4, 0.5) is 0 Å². The summed E-state index contributed by atoms with van der Waals surface area (Å²) in [6, 6.07) is 1.44. The van der Waals surface area contributed by atoms with Gasteiger partial charge in [-0.25, -0.2) is 0 Å². The third-order valence-electron chi connectivity index (χ3n) is 11.5. The van der Waals surface area contributed by atoms with Crippen molar-refractivity contribution in [2.24, 2.45) is 35.5 Å². The largest absolute Gasteiger partial charge is 0.522 e. The third kappa shape index (κ3) is 3.91. The molecule has 0 aromatic rings. The molecule has 0 aromatic heterocycles. The molecule has 2 heterocycles. The standard InChI is InChI=1S/C28H50N2O2Si/c1-31-33(32-2,29-19-7-11-23-17-15-21-9-3-5-13-25(21)27(23)29)30-20-8-12-24-18-16-22-10-4-6-14-26(22)28(24)30/h21-28H,3-20H2,1-2H3. The number of fused-ring (bicyclic) bond motifs is 6. The number of nitrogens with zero attached hydrogens (tertiary/aromatic N) is 2. The van der Waals surface area contributed by atoms with Crippen LogP contribution in [0, 0.1) is 35.5 Å². The predicted molar refractivity (Wildman–Crippen MR) is 136 cm³/mol. The number of hydrogen-bond acceptors (Lipinski definition) is 4. The first-order valence-corrected chi connectivity index (χ1v) is 16.6. The monoisotopic (exact) mass is 474 g/mol. The van der Waals surface area contributed by atoms with Crippen LogP contribution in [0.2, 0.25) is 0 Å². The minimum absolute atomic E-state index is 0.718. The molecule has 0 aromatic carbocycles. The highest BCUT2D eigenvalue weighted by atomic mass is 28.4. The molecule has 0 radical (unpaired) electrons. The lowest BCUT2D eigenvalue weighted by molar-refractivity contribution is -0.0643. The lowest BCUT2D eigenvalue weighted by Gasteiger charge is -2.61. The second-order valence-corrected chi connectivity index (χ2v) is 15.8. The molecule has 0 amide bonds. The van der Waals surface area contributed by atoms with E-state index in [1.807, 2.05) is 14.2 Å². The molecule has 0 N–H and O–H groups in total. The van der Waals surface area contributed by atoms with Gasteiger partial charge in [0.25, 0.3) is 0 Å². The van der Waals surface area contributed by atoms with Gasteiger partial charge in [-0.05, 0) is 113 Å². The first kappa shape index (κ1) is 23.5. The number of piperidine rings is 2. The highest BCUT2D eigenvalue weighted by Crippen LogP contribution is 2.52. The van der Waals surface area contributed by atoms with Crippen LogP contribution in [0.25, 0.3) is 0 Å². The number of hydrogen-bond donors (Lipinski definition) is 0. The van der Waals surface area contributed by atoms with E-state index in [0.29, 0.717) is 0 Å². The normalized spacial score (nSPS) is 44.9. The summed E-state index contributed by atoms with van der Waals surface area (Å²) in [5.41, 5.74) is 0. The predicted octanol–water partition coefficient (Wildman–Crippen LogP) is 6.08. The van der Waals surface area contributed by atoms with Crippen LogP contribution >= 0.6 is 0 Å². The molecule has 6 aliphatic rings. The molecule has 0 spiro atoms. The average Bonchev–Trinajstić information content (AvgIpc) is 2.89. The van der Waals surface area contributed by atoms with E-state index >= 15 is 0 Å². The molecule has 8 atom stereocenters. The van der Waals surface area contributed by atoms with Crippen molar-refractivity contribution < 1.29 is 8.85 Å². The zero-order chi connectivity index (χ0) is 22.4. The van der Waals surface area contributed by atoms with Crippen LogP contribution in [0.15, 0.2) is 0 Å². The van der Waals surface area contributed by atoms with Gasteiger partial charge in [0.05, 0.1) is 0 Å². The van der Waals surface area contributed by atoms with Gasteiger partial charge in [0.2, 0.25) is 0 Å². The molecule has 4 saturated carbocycles. The van der Waals surface area contributed by atoms with Gasteiger partial charge < -0.3 is 8.85 Å². The molecule has 8 unspecified atom stereocenters. The summed E-state index contributed by atoms with van der Waals surface area (Å²) in [7, 11) is 1.39. The average molecular weight is 475 g/mol. The maximum atomic E-state index is 6.79. The Hall–Kier alpha value is 0.0569. The molecule has 33 heavy (non-hydrogen) atoms. The van der Waals surface area contributed by atoms with Crippen molar-refractivity contribution in [3.05, 3.63) is 0 Å². The Bertz CT molecular complexity index is 620. The molecule has 2 aliphatic heterocycles. The molecule has 2 saturated heterocycles. The van der Waals surface area contributed by atoms with Crippen LogP contribution < -0.4 is 0 Å². The zero-order valence-corrected chi connectivity index (χ0v) is 22.6. The van der Waals surface area contributed by atoms with E-state index in [0.717, 1.165) is 47.6 Å². The summed E-state index contributed by atoms with van der Waals surface area (Å²) in [5.74, 6) is 5.48. The fraction of sp³-hybridized carbons (Fsp3) is 1.00. The van der Waals surface area contributed by atoms with Crippen molar-refractivity contribution in [2.75, 3.05) is 27.3 Å². The quantitative estimate of drug-likeness (QED) is 0.461. The van der Waals surface area contributed by atoms with E-state index < -0.39 is 8.88 Å². The van der Waals surface area contributed by atoms with Gasteiger partial charge in [0, 0.05) is 26.3 Å². The molecule has 6 rings (SSSR count). The molecule has 4 nitrogen and oxygen atoms in total. The van der Waals surface area contributed by atoms with Crippen LogP contribution in [0.5, 0.6) is 0 Å². The first-order chi connectivity index (χ1) is 16.3. The topological polar surface area (TPSA) is 24.9 Å². The maximum absolute atomic E-state index is 6.79. The van der Waals surface area contributed by atoms with Crippen LogP contribution in [-0.2, 0) is 8.85 Å². The second-order valence-electron chi connectivity index (χ2n) is 12.7. The Morgan fingerprint density at radius 1 is 0.485 bits per heavy atom. The van der Waals surface area contributed by atoms with Crippen molar-refractivity contribution in [1.82, 2.24) is 9.13 Å². The van der Waals surface area contributed by atoms with E-state index in [1.54, 1.807) is 0 Å².